The minimum absolute atomic E-state index is 0.929. The van der Waals surface area contributed by atoms with Crippen molar-refractivity contribution in [2.75, 3.05) is 0 Å². The van der Waals surface area contributed by atoms with Crippen LogP contribution in [0.25, 0.3) is 52.3 Å². The Bertz CT molecular complexity index is 1400. The Hall–Kier alpha value is -2.95. The highest BCUT2D eigenvalue weighted by molar-refractivity contribution is 7.22. The second-order valence-electron chi connectivity index (χ2n) is 6.52. The van der Waals surface area contributed by atoms with Crippen molar-refractivity contribution in [2.24, 2.45) is 0 Å². The van der Waals surface area contributed by atoms with Crippen LogP contribution in [0.15, 0.2) is 83.5 Å². The lowest BCUT2D eigenvalue weighted by Crippen LogP contribution is -1.74. The van der Waals surface area contributed by atoms with Crippen molar-refractivity contribution in [1.29, 1.82) is 0 Å². The van der Waals surface area contributed by atoms with Crippen LogP contribution in [0.5, 0.6) is 0 Å². The van der Waals surface area contributed by atoms with Crippen molar-refractivity contribution in [3.63, 3.8) is 0 Å². The number of hydrogen-bond donors (Lipinski definition) is 0. The summed E-state index contributed by atoms with van der Waals surface area (Å²) in [6.07, 6.45) is 1.74. The molecule has 0 unspecified atom stereocenters. The topological polar surface area (TPSA) is 26.0 Å². The smallest absolute Gasteiger partial charge is 0.133 e. The van der Waals surface area contributed by atoms with E-state index in [0.717, 1.165) is 21.5 Å². The molecule has 128 valence electrons. The highest BCUT2D eigenvalue weighted by Crippen LogP contribution is 2.38. The summed E-state index contributed by atoms with van der Waals surface area (Å²) in [7, 11) is 0. The predicted octanol–water partition coefficient (Wildman–Crippen LogP) is 7.59. The van der Waals surface area contributed by atoms with Gasteiger partial charge in [-0.05, 0) is 59.5 Å². The number of benzene rings is 3. The molecule has 3 aromatic carbocycles. The molecule has 0 spiro atoms. The standard InChI is InChI=1S/C23H13NOS2/c1-2-4-20-18(3-1)24-23(27-20)17-6-5-16-12-21(26-22(16)13-17)15-7-8-19-14(11-15)9-10-25-19/h1-13H. The van der Waals surface area contributed by atoms with Gasteiger partial charge in [-0.2, -0.15) is 0 Å². The van der Waals surface area contributed by atoms with Crippen molar-refractivity contribution in [3.05, 3.63) is 79.1 Å². The largest absolute Gasteiger partial charge is 0.464 e. The van der Waals surface area contributed by atoms with Gasteiger partial charge in [0.15, 0.2) is 0 Å². The molecule has 2 nitrogen and oxygen atoms in total. The van der Waals surface area contributed by atoms with E-state index in [0.29, 0.717) is 0 Å². The van der Waals surface area contributed by atoms with E-state index in [4.69, 9.17) is 9.40 Å². The van der Waals surface area contributed by atoms with E-state index in [-0.39, 0.29) is 0 Å². The highest BCUT2D eigenvalue weighted by atomic mass is 32.1. The first-order valence-electron chi connectivity index (χ1n) is 8.71. The third-order valence-corrected chi connectivity index (χ3v) is 7.03. The van der Waals surface area contributed by atoms with E-state index in [2.05, 4.69) is 54.6 Å². The molecule has 4 heteroatoms. The Kier molecular flexibility index (Phi) is 3.24. The number of nitrogens with zero attached hydrogens (tertiary/aromatic N) is 1. The number of thiophene rings is 1. The first kappa shape index (κ1) is 15.1. The molecule has 0 saturated heterocycles. The van der Waals surface area contributed by atoms with Gasteiger partial charge in [-0.3, -0.25) is 0 Å². The lowest BCUT2D eigenvalue weighted by atomic mass is 10.1. The van der Waals surface area contributed by atoms with Crippen molar-refractivity contribution in [1.82, 2.24) is 4.98 Å². The van der Waals surface area contributed by atoms with Crippen LogP contribution >= 0.6 is 22.7 Å². The van der Waals surface area contributed by atoms with E-state index in [1.807, 2.05) is 29.5 Å². The number of para-hydroxylation sites is 1. The third-order valence-electron chi connectivity index (χ3n) is 4.80. The van der Waals surface area contributed by atoms with Crippen molar-refractivity contribution in [3.8, 4) is 21.0 Å². The van der Waals surface area contributed by atoms with Crippen LogP contribution in [0.2, 0.25) is 0 Å². The maximum absolute atomic E-state index is 5.45. The fourth-order valence-corrected chi connectivity index (χ4v) is 5.48. The zero-order valence-electron chi connectivity index (χ0n) is 14.2. The van der Waals surface area contributed by atoms with E-state index in [1.54, 1.807) is 17.6 Å². The summed E-state index contributed by atoms with van der Waals surface area (Å²) in [4.78, 5) is 6.07. The molecular formula is C23H13NOS2. The molecule has 27 heavy (non-hydrogen) atoms. The Morgan fingerprint density at radius 1 is 0.704 bits per heavy atom. The van der Waals surface area contributed by atoms with Gasteiger partial charge in [0.05, 0.1) is 16.5 Å². The molecule has 6 aromatic rings. The minimum atomic E-state index is 0.929. The van der Waals surface area contributed by atoms with Crippen molar-refractivity contribution in [2.45, 2.75) is 0 Å². The first-order valence-corrected chi connectivity index (χ1v) is 10.3. The van der Waals surface area contributed by atoms with Crippen molar-refractivity contribution >= 4 is 53.9 Å². The normalized spacial score (nSPS) is 11.7. The van der Waals surface area contributed by atoms with Crippen LogP contribution in [0.1, 0.15) is 0 Å². The Morgan fingerprint density at radius 3 is 2.59 bits per heavy atom. The molecular weight excluding hydrogens is 370 g/mol. The molecule has 0 atom stereocenters. The van der Waals surface area contributed by atoms with Gasteiger partial charge >= 0.3 is 0 Å². The van der Waals surface area contributed by atoms with E-state index < -0.39 is 0 Å². The number of furan rings is 1. The molecule has 0 fully saturated rings. The Balaban J connectivity index is 1.46. The minimum Gasteiger partial charge on any atom is -0.464 e. The van der Waals surface area contributed by atoms with Crippen LogP contribution in [0.3, 0.4) is 0 Å². The third kappa shape index (κ3) is 2.49. The van der Waals surface area contributed by atoms with Crippen LogP contribution in [-0.2, 0) is 0 Å². The number of hydrogen-bond acceptors (Lipinski definition) is 4. The maximum atomic E-state index is 5.45. The Labute approximate surface area is 163 Å². The maximum Gasteiger partial charge on any atom is 0.133 e. The summed E-state index contributed by atoms with van der Waals surface area (Å²) in [6, 6.07) is 25.6. The zero-order chi connectivity index (χ0) is 17.8. The molecule has 6 rings (SSSR count). The molecule has 3 aromatic heterocycles. The summed E-state index contributed by atoms with van der Waals surface area (Å²) in [5.41, 5.74) is 4.41. The fourth-order valence-electron chi connectivity index (χ4n) is 3.42. The second-order valence-corrected chi connectivity index (χ2v) is 8.64. The average molecular weight is 383 g/mol. The predicted molar refractivity (Wildman–Crippen MR) is 116 cm³/mol. The molecule has 0 amide bonds. The van der Waals surface area contributed by atoms with Gasteiger partial charge in [0.2, 0.25) is 0 Å². The number of thiazole rings is 1. The molecule has 0 radical (unpaired) electrons. The SMILES string of the molecule is c1ccc2sc(-c3ccc4cc(-c5ccc6occc6c5)sc4c3)nc2c1. The lowest BCUT2D eigenvalue weighted by Gasteiger charge is -1.96. The zero-order valence-corrected chi connectivity index (χ0v) is 15.8. The van der Waals surface area contributed by atoms with Crippen LogP contribution in [-0.4, -0.2) is 4.98 Å². The molecule has 0 aliphatic heterocycles. The monoisotopic (exact) mass is 383 g/mol. The highest BCUT2D eigenvalue weighted by Gasteiger charge is 2.10. The van der Waals surface area contributed by atoms with Gasteiger partial charge in [0, 0.05) is 20.5 Å². The molecule has 0 bridgehead atoms. The molecule has 3 heterocycles. The van der Waals surface area contributed by atoms with Gasteiger partial charge in [-0.15, -0.1) is 22.7 Å². The van der Waals surface area contributed by atoms with Crippen LogP contribution in [0, 0.1) is 0 Å². The number of fused-ring (bicyclic) bond motifs is 3. The first-order chi connectivity index (χ1) is 13.3. The fraction of sp³-hybridized carbons (Fsp3) is 0. The number of rotatable bonds is 2. The van der Waals surface area contributed by atoms with Gasteiger partial charge in [-0.25, -0.2) is 4.98 Å². The molecule has 0 aliphatic rings. The summed E-state index contributed by atoms with van der Waals surface area (Å²) in [5.74, 6) is 0. The molecule has 0 aliphatic carbocycles. The Morgan fingerprint density at radius 2 is 1.63 bits per heavy atom. The lowest BCUT2D eigenvalue weighted by molar-refractivity contribution is 0.616. The summed E-state index contributed by atoms with van der Waals surface area (Å²) in [6.45, 7) is 0. The molecule has 0 N–H and O–H groups in total. The summed E-state index contributed by atoms with van der Waals surface area (Å²) < 4.78 is 7.97. The average Bonchev–Trinajstić information content (AvgIpc) is 3.42. The van der Waals surface area contributed by atoms with Crippen molar-refractivity contribution < 1.29 is 4.42 Å². The van der Waals surface area contributed by atoms with Gasteiger partial charge in [0.1, 0.15) is 10.6 Å². The molecule has 0 saturated carbocycles. The van der Waals surface area contributed by atoms with E-state index in [9.17, 15) is 0 Å². The van der Waals surface area contributed by atoms with Gasteiger partial charge in [-0.1, -0.05) is 24.3 Å². The van der Waals surface area contributed by atoms with E-state index >= 15 is 0 Å². The summed E-state index contributed by atoms with van der Waals surface area (Å²) >= 11 is 3.57. The van der Waals surface area contributed by atoms with Gasteiger partial charge < -0.3 is 4.42 Å². The van der Waals surface area contributed by atoms with Crippen LogP contribution in [0.4, 0.5) is 0 Å². The summed E-state index contributed by atoms with van der Waals surface area (Å²) in [5, 5.41) is 3.49. The second kappa shape index (κ2) is 5.78. The van der Waals surface area contributed by atoms with Crippen LogP contribution < -0.4 is 0 Å². The van der Waals surface area contributed by atoms with E-state index in [1.165, 1.54) is 30.8 Å². The van der Waals surface area contributed by atoms with Gasteiger partial charge in [0.25, 0.3) is 0 Å². The number of aromatic nitrogens is 1. The quantitative estimate of drug-likeness (QED) is 0.308.